The van der Waals surface area contributed by atoms with Gasteiger partial charge in [0.25, 0.3) is 0 Å². The summed E-state index contributed by atoms with van der Waals surface area (Å²) in [4.78, 5) is 4.90. The van der Waals surface area contributed by atoms with Gasteiger partial charge in [-0.15, -0.1) is 11.3 Å². The molecule has 0 fully saturated rings. The average molecular weight is 745 g/mol. The topological polar surface area (TPSA) is 6.48 Å². The molecule has 0 saturated carbocycles. The molecule has 11 rings (SSSR count). The van der Waals surface area contributed by atoms with E-state index in [-0.39, 0.29) is 0 Å². The molecule has 0 aliphatic carbocycles. The van der Waals surface area contributed by atoms with Crippen LogP contribution in [0, 0.1) is 0 Å². The minimum absolute atomic E-state index is 1.09. The van der Waals surface area contributed by atoms with E-state index in [4.69, 9.17) is 0 Å². The first-order chi connectivity index (χ1) is 28.2. The van der Waals surface area contributed by atoms with Crippen LogP contribution in [0.25, 0.3) is 63.6 Å². The molecule has 1 heterocycles. The molecule has 0 saturated heterocycles. The number of thiophene rings is 1. The van der Waals surface area contributed by atoms with Crippen molar-refractivity contribution in [1.82, 2.24) is 0 Å². The highest BCUT2D eigenvalue weighted by Crippen LogP contribution is 2.51. The largest absolute Gasteiger partial charge is 0.310 e. The predicted octanol–water partition coefficient (Wildman–Crippen LogP) is 16.1. The van der Waals surface area contributed by atoms with Gasteiger partial charge in [-0.25, -0.2) is 0 Å². The molecule has 0 radical (unpaired) electrons. The van der Waals surface area contributed by atoms with Gasteiger partial charge in [-0.2, -0.15) is 0 Å². The van der Waals surface area contributed by atoms with E-state index in [0.717, 1.165) is 34.1 Å². The molecule has 0 aliphatic heterocycles. The molecule has 10 aromatic carbocycles. The summed E-state index contributed by atoms with van der Waals surface area (Å²) >= 11 is 1.87. The number of hydrogen-bond acceptors (Lipinski definition) is 3. The summed E-state index contributed by atoms with van der Waals surface area (Å²) in [5.41, 5.74) is 9.02. The Kier molecular flexibility index (Phi) is 8.04. The van der Waals surface area contributed by atoms with Crippen LogP contribution in [-0.2, 0) is 0 Å². The van der Waals surface area contributed by atoms with Crippen molar-refractivity contribution in [3.63, 3.8) is 0 Å². The van der Waals surface area contributed by atoms with Crippen LogP contribution in [-0.4, -0.2) is 0 Å². The monoisotopic (exact) mass is 744 g/mol. The fraction of sp³-hybridized carbons (Fsp3) is 0. The zero-order chi connectivity index (χ0) is 37.7. The highest BCUT2D eigenvalue weighted by molar-refractivity contribution is 7.26. The maximum absolute atomic E-state index is 2.46. The zero-order valence-electron chi connectivity index (χ0n) is 31.1. The Morgan fingerprint density at radius 3 is 1.54 bits per heavy atom. The van der Waals surface area contributed by atoms with E-state index in [2.05, 4.69) is 228 Å². The Balaban J connectivity index is 1.24. The van der Waals surface area contributed by atoms with Crippen molar-refractivity contribution in [2.75, 3.05) is 9.80 Å². The number of nitrogens with zero attached hydrogens (tertiary/aromatic N) is 2. The molecular weight excluding hydrogens is 709 g/mol. The summed E-state index contributed by atoms with van der Waals surface area (Å²) in [6, 6.07) is 79.6. The molecule has 0 N–H and O–H groups in total. The van der Waals surface area contributed by atoms with Gasteiger partial charge in [-0.05, 0) is 110 Å². The van der Waals surface area contributed by atoms with Gasteiger partial charge in [-0.1, -0.05) is 152 Å². The second kappa shape index (κ2) is 13.8. The Morgan fingerprint density at radius 1 is 0.281 bits per heavy atom. The number of fused-ring (bicyclic) bond motifs is 7. The first-order valence-corrected chi connectivity index (χ1v) is 20.2. The van der Waals surface area contributed by atoms with E-state index in [1.165, 1.54) is 63.6 Å². The Hall–Kier alpha value is -7.20. The van der Waals surface area contributed by atoms with Gasteiger partial charge in [0, 0.05) is 48.6 Å². The third kappa shape index (κ3) is 5.88. The molecule has 3 heteroatoms. The molecule has 57 heavy (non-hydrogen) atoms. The SMILES string of the molecule is c1ccc(-c2cccc(N(c3ccc4ccccc4c3)c3cc(N(c4ccccc4)c4ccc5ccccc5c4)c4c(c3)sc3ccc5ccccc5c34)c2)cc1. The second-order valence-corrected chi connectivity index (χ2v) is 15.7. The van der Waals surface area contributed by atoms with Gasteiger partial charge in [0.15, 0.2) is 0 Å². The van der Waals surface area contributed by atoms with Crippen LogP contribution in [0.1, 0.15) is 0 Å². The molecule has 1 aromatic heterocycles. The highest BCUT2D eigenvalue weighted by atomic mass is 32.1. The van der Waals surface area contributed by atoms with Crippen LogP contribution >= 0.6 is 11.3 Å². The number of anilines is 6. The van der Waals surface area contributed by atoms with E-state index in [1.54, 1.807) is 0 Å². The zero-order valence-corrected chi connectivity index (χ0v) is 31.9. The molecule has 0 aliphatic rings. The minimum atomic E-state index is 1.09. The van der Waals surface area contributed by atoms with E-state index in [9.17, 15) is 0 Å². The maximum Gasteiger partial charge on any atom is 0.0575 e. The lowest BCUT2D eigenvalue weighted by Crippen LogP contribution is -2.13. The first-order valence-electron chi connectivity index (χ1n) is 19.4. The lowest BCUT2D eigenvalue weighted by atomic mass is 10.00. The Bertz CT molecular complexity index is 3260. The maximum atomic E-state index is 2.46. The Morgan fingerprint density at radius 2 is 0.825 bits per heavy atom. The van der Waals surface area contributed by atoms with Crippen LogP contribution in [0.4, 0.5) is 34.1 Å². The summed E-state index contributed by atoms with van der Waals surface area (Å²) in [6.07, 6.45) is 0. The van der Waals surface area contributed by atoms with Gasteiger partial charge >= 0.3 is 0 Å². The Labute approximate surface area is 335 Å². The van der Waals surface area contributed by atoms with Crippen LogP contribution < -0.4 is 9.80 Å². The van der Waals surface area contributed by atoms with Crippen LogP contribution in [0.5, 0.6) is 0 Å². The van der Waals surface area contributed by atoms with E-state index < -0.39 is 0 Å². The van der Waals surface area contributed by atoms with Crippen molar-refractivity contribution in [1.29, 1.82) is 0 Å². The van der Waals surface area contributed by atoms with Gasteiger partial charge in [0.2, 0.25) is 0 Å². The van der Waals surface area contributed by atoms with Gasteiger partial charge in [-0.3, -0.25) is 0 Å². The van der Waals surface area contributed by atoms with Gasteiger partial charge in [0.05, 0.1) is 5.69 Å². The van der Waals surface area contributed by atoms with E-state index >= 15 is 0 Å². The smallest absolute Gasteiger partial charge is 0.0575 e. The van der Waals surface area contributed by atoms with E-state index in [1.807, 2.05) is 11.3 Å². The standard InChI is InChI=1S/C54H36N2S/c1-3-14-37(15-4-1)43-21-13-24-45(32-43)55(46-29-26-38-16-7-9-19-41(38)33-46)48-35-50(54-52(36-48)57-51-31-28-40-18-11-12-25-49(40)53(51)54)56(44-22-5-2-6-23-44)47-30-27-39-17-8-10-20-42(39)34-47/h1-36H. The second-order valence-electron chi connectivity index (χ2n) is 14.6. The van der Waals surface area contributed by atoms with Crippen molar-refractivity contribution in [2.45, 2.75) is 0 Å². The van der Waals surface area contributed by atoms with Crippen LogP contribution in [0.15, 0.2) is 218 Å². The number of benzene rings is 10. The predicted molar refractivity (Wildman–Crippen MR) is 247 cm³/mol. The molecule has 268 valence electrons. The van der Waals surface area contributed by atoms with Crippen LogP contribution in [0.3, 0.4) is 0 Å². The first kappa shape index (κ1) is 33.2. The lowest BCUT2D eigenvalue weighted by molar-refractivity contribution is 1.27. The summed E-state index contributed by atoms with van der Waals surface area (Å²) < 4.78 is 2.51. The number of rotatable bonds is 7. The third-order valence-electron chi connectivity index (χ3n) is 11.1. The molecule has 0 unspecified atom stereocenters. The fourth-order valence-corrected chi connectivity index (χ4v) is 9.65. The van der Waals surface area contributed by atoms with Crippen molar-refractivity contribution in [3.8, 4) is 11.1 Å². The molecule has 0 bridgehead atoms. The van der Waals surface area contributed by atoms with Crippen molar-refractivity contribution >= 4 is 98.0 Å². The molecule has 11 aromatic rings. The summed E-state index contributed by atoms with van der Waals surface area (Å²) in [5.74, 6) is 0. The lowest BCUT2D eigenvalue weighted by Gasteiger charge is -2.31. The third-order valence-corrected chi connectivity index (χ3v) is 12.2. The quantitative estimate of drug-likeness (QED) is 0.160. The molecular formula is C54H36N2S. The average Bonchev–Trinajstić information content (AvgIpc) is 3.67. The van der Waals surface area contributed by atoms with Crippen LogP contribution in [0.2, 0.25) is 0 Å². The summed E-state index contributed by atoms with van der Waals surface area (Å²) in [7, 11) is 0. The van der Waals surface area contributed by atoms with Crippen molar-refractivity contribution in [2.24, 2.45) is 0 Å². The summed E-state index contributed by atoms with van der Waals surface area (Å²) in [5, 5.41) is 9.91. The summed E-state index contributed by atoms with van der Waals surface area (Å²) in [6.45, 7) is 0. The van der Waals surface area contributed by atoms with Gasteiger partial charge < -0.3 is 9.80 Å². The number of hydrogen-bond donors (Lipinski definition) is 0. The highest BCUT2D eigenvalue weighted by Gasteiger charge is 2.24. The molecule has 0 atom stereocenters. The number of para-hydroxylation sites is 1. The molecule has 0 amide bonds. The normalized spacial score (nSPS) is 11.5. The van der Waals surface area contributed by atoms with E-state index in [0.29, 0.717) is 0 Å². The van der Waals surface area contributed by atoms with Crippen molar-refractivity contribution in [3.05, 3.63) is 218 Å². The minimum Gasteiger partial charge on any atom is -0.310 e. The fourth-order valence-electron chi connectivity index (χ4n) is 8.48. The molecule has 2 nitrogen and oxygen atoms in total. The van der Waals surface area contributed by atoms with Crippen molar-refractivity contribution < 1.29 is 0 Å². The molecule has 0 spiro atoms. The van der Waals surface area contributed by atoms with Gasteiger partial charge in [0.1, 0.15) is 0 Å².